The van der Waals surface area contributed by atoms with Crippen molar-refractivity contribution in [2.24, 2.45) is 4.99 Å². The molecule has 1 saturated heterocycles. The quantitative estimate of drug-likeness (QED) is 0.371. The number of ether oxygens (including phenoxy) is 1. The topological polar surface area (TPSA) is 76.4 Å². The molecule has 148 valence electrons. The van der Waals surface area contributed by atoms with Crippen LogP contribution in [0.15, 0.2) is 4.99 Å². The highest BCUT2D eigenvalue weighted by Gasteiger charge is 2.32. The van der Waals surface area contributed by atoms with Gasteiger partial charge in [0.25, 0.3) is 0 Å². The first kappa shape index (κ1) is 21.7. The first-order valence-electron chi connectivity index (χ1n) is 9.22. The zero-order valence-corrected chi connectivity index (χ0v) is 19.1. The maximum Gasteiger partial charge on any atom is 0.191 e. The number of aliphatic imine (C=N–C) groups is 1. The monoisotopic (exact) mass is 494 g/mol. The zero-order chi connectivity index (χ0) is 17.7. The van der Waals surface area contributed by atoms with Crippen LogP contribution in [0.25, 0.3) is 0 Å². The summed E-state index contributed by atoms with van der Waals surface area (Å²) in [5.74, 6) is 2.87. The van der Waals surface area contributed by atoms with Crippen LogP contribution in [-0.2, 0) is 17.7 Å². The van der Waals surface area contributed by atoms with Crippen molar-refractivity contribution in [1.29, 1.82) is 0 Å². The van der Waals surface area contributed by atoms with Crippen molar-refractivity contribution in [3.05, 3.63) is 11.6 Å². The van der Waals surface area contributed by atoms with E-state index in [0.29, 0.717) is 6.04 Å². The van der Waals surface area contributed by atoms with E-state index in [1.807, 2.05) is 23.4 Å². The van der Waals surface area contributed by atoms with Crippen LogP contribution in [0.2, 0.25) is 0 Å². The number of fused-ring (bicyclic) bond motifs is 1. The number of rotatable bonds is 5. The summed E-state index contributed by atoms with van der Waals surface area (Å²) in [5, 5.41) is 11.5. The molecule has 0 bridgehead atoms. The summed E-state index contributed by atoms with van der Waals surface area (Å²) in [6.45, 7) is 8.29. The van der Waals surface area contributed by atoms with Gasteiger partial charge in [0.1, 0.15) is 11.6 Å². The van der Waals surface area contributed by atoms with Crippen molar-refractivity contribution in [3.8, 4) is 0 Å². The third kappa shape index (κ3) is 5.48. The van der Waals surface area contributed by atoms with E-state index in [1.54, 1.807) is 0 Å². The van der Waals surface area contributed by atoms with Crippen LogP contribution in [0.4, 0.5) is 0 Å². The second-order valence-electron chi connectivity index (χ2n) is 6.83. The third-order valence-electron chi connectivity index (χ3n) is 5.01. The van der Waals surface area contributed by atoms with Gasteiger partial charge in [-0.3, -0.25) is 4.99 Å². The van der Waals surface area contributed by atoms with Crippen molar-refractivity contribution < 1.29 is 4.74 Å². The summed E-state index contributed by atoms with van der Waals surface area (Å²) in [4.78, 5) is 9.39. The largest absolute Gasteiger partial charge is 0.381 e. The fourth-order valence-electron chi connectivity index (χ4n) is 3.46. The molecule has 0 radical (unpaired) electrons. The van der Waals surface area contributed by atoms with Crippen molar-refractivity contribution in [2.75, 3.05) is 32.6 Å². The molecule has 1 aromatic heterocycles. The Labute approximate surface area is 177 Å². The van der Waals surface area contributed by atoms with E-state index in [4.69, 9.17) is 9.73 Å². The molecule has 1 fully saturated rings. The number of aromatic nitrogens is 3. The van der Waals surface area contributed by atoms with E-state index in [1.165, 1.54) is 0 Å². The van der Waals surface area contributed by atoms with Crippen LogP contribution in [0, 0.1) is 6.92 Å². The highest BCUT2D eigenvalue weighted by molar-refractivity contribution is 14.0. The number of nitrogens with one attached hydrogen (secondary N) is 2. The zero-order valence-electron chi connectivity index (χ0n) is 16.0. The van der Waals surface area contributed by atoms with Crippen LogP contribution < -0.4 is 10.6 Å². The fraction of sp³-hybridized carbons (Fsp3) is 0.824. The molecule has 3 heterocycles. The molecule has 7 nitrogen and oxygen atoms in total. The minimum atomic E-state index is 0. The lowest BCUT2D eigenvalue weighted by atomic mass is 9.99. The number of hydrogen-bond acceptors (Lipinski definition) is 5. The van der Waals surface area contributed by atoms with Crippen LogP contribution in [0.5, 0.6) is 0 Å². The molecule has 9 heteroatoms. The Kier molecular flexibility index (Phi) is 8.46. The van der Waals surface area contributed by atoms with Gasteiger partial charge in [-0.25, -0.2) is 9.67 Å². The maximum atomic E-state index is 5.53. The molecule has 3 rings (SSSR count). The highest BCUT2D eigenvalue weighted by atomic mass is 127. The summed E-state index contributed by atoms with van der Waals surface area (Å²) in [6.07, 6.45) is 6.36. The minimum Gasteiger partial charge on any atom is -0.381 e. The summed E-state index contributed by atoms with van der Waals surface area (Å²) in [7, 11) is 0. The molecule has 2 N–H and O–H groups in total. The summed E-state index contributed by atoms with van der Waals surface area (Å²) >= 11 is 1.93. The van der Waals surface area contributed by atoms with Crippen LogP contribution in [0.3, 0.4) is 0 Å². The van der Waals surface area contributed by atoms with E-state index in [9.17, 15) is 0 Å². The summed E-state index contributed by atoms with van der Waals surface area (Å²) < 4.78 is 7.77. The first-order chi connectivity index (χ1) is 12.1. The van der Waals surface area contributed by atoms with Gasteiger partial charge < -0.3 is 15.4 Å². The fourth-order valence-corrected chi connectivity index (χ4v) is 4.23. The molecular weight excluding hydrogens is 463 g/mol. The third-order valence-corrected chi connectivity index (χ3v) is 6.41. The number of aryl methyl sites for hydroxylation is 2. The number of nitrogens with zero attached hydrogens (tertiary/aromatic N) is 4. The molecule has 1 atom stereocenters. The smallest absolute Gasteiger partial charge is 0.191 e. The Bertz CT molecular complexity index is 602. The molecular formula is C17H31IN6OS. The van der Waals surface area contributed by atoms with Gasteiger partial charge in [0.2, 0.25) is 0 Å². The SMILES string of the molecule is CCNC(=NCC1(SC)CCOCC1)NC1CCc2nc(C)nn2C1.I. The lowest BCUT2D eigenvalue weighted by Gasteiger charge is -2.34. The van der Waals surface area contributed by atoms with Gasteiger partial charge in [-0.05, 0) is 39.4 Å². The Morgan fingerprint density at radius 1 is 1.42 bits per heavy atom. The molecule has 26 heavy (non-hydrogen) atoms. The van der Waals surface area contributed by atoms with E-state index < -0.39 is 0 Å². The molecule has 2 aliphatic rings. The van der Waals surface area contributed by atoms with Crippen LogP contribution >= 0.6 is 35.7 Å². The highest BCUT2D eigenvalue weighted by Crippen LogP contribution is 2.34. The van der Waals surface area contributed by atoms with Gasteiger partial charge in [0.05, 0.1) is 13.1 Å². The predicted molar refractivity (Wildman–Crippen MR) is 118 cm³/mol. The second kappa shape index (κ2) is 10.1. The molecule has 2 aliphatic heterocycles. The van der Waals surface area contributed by atoms with Gasteiger partial charge in [0, 0.05) is 37.0 Å². The Morgan fingerprint density at radius 2 is 2.19 bits per heavy atom. The van der Waals surface area contributed by atoms with Gasteiger partial charge >= 0.3 is 0 Å². The maximum absolute atomic E-state index is 5.53. The van der Waals surface area contributed by atoms with E-state index in [-0.39, 0.29) is 28.7 Å². The lowest BCUT2D eigenvalue weighted by Crippen LogP contribution is -2.48. The number of hydrogen-bond donors (Lipinski definition) is 2. The number of thioether (sulfide) groups is 1. The van der Waals surface area contributed by atoms with Crippen molar-refractivity contribution in [3.63, 3.8) is 0 Å². The normalized spacial score (nSPS) is 22.3. The van der Waals surface area contributed by atoms with Gasteiger partial charge in [0.15, 0.2) is 5.96 Å². The van der Waals surface area contributed by atoms with Gasteiger partial charge in [-0.2, -0.15) is 16.9 Å². The van der Waals surface area contributed by atoms with E-state index in [0.717, 1.165) is 76.1 Å². The molecule has 0 spiro atoms. The van der Waals surface area contributed by atoms with Crippen molar-refractivity contribution in [2.45, 2.75) is 56.9 Å². The minimum absolute atomic E-state index is 0. The van der Waals surface area contributed by atoms with Crippen LogP contribution in [-0.4, -0.2) is 64.1 Å². The first-order valence-corrected chi connectivity index (χ1v) is 10.4. The molecule has 1 unspecified atom stereocenters. The lowest BCUT2D eigenvalue weighted by molar-refractivity contribution is 0.0794. The summed E-state index contributed by atoms with van der Waals surface area (Å²) in [6, 6.07) is 0.339. The Balaban J connectivity index is 0.00000243. The molecule has 0 amide bonds. The van der Waals surface area contributed by atoms with E-state index >= 15 is 0 Å². The molecule has 1 aromatic rings. The van der Waals surface area contributed by atoms with E-state index in [2.05, 4.69) is 33.9 Å². The van der Waals surface area contributed by atoms with Crippen molar-refractivity contribution >= 4 is 41.7 Å². The molecule has 0 aliphatic carbocycles. The average molecular weight is 494 g/mol. The molecule has 0 aromatic carbocycles. The van der Waals surface area contributed by atoms with Gasteiger partial charge in [-0.15, -0.1) is 24.0 Å². The van der Waals surface area contributed by atoms with Crippen LogP contribution in [0.1, 0.15) is 37.8 Å². The Morgan fingerprint density at radius 3 is 2.88 bits per heavy atom. The van der Waals surface area contributed by atoms with Gasteiger partial charge in [-0.1, -0.05) is 0 Å². The van der Waals surface area contributed by atoms with Crippen molar-refractivity contribution in [1.82, 2.24) is 25.4 Å². The standard InChI is InChI=1S/C17H30N6OS.HI/c1-4-18-16(19-12-17(25-3)7-9-24-10-8-17)21-14-5-6-15-20-13(2)22-23(15)11-14;/h14H,4-12H2,1-3H3,(H2,18,19,21);1H. The number of halogens is 1. The predicted octanol–water partition coefficient (Wildman–Crippen LogP) is 1.99. The average Bonchev–Trinajstić information content (AvgIpc) is 3.00. The number of guanidine groups is 1. The second-order valence-corrected chi connectivity index (χ2v) is 8.11. The summed E-state index contributed by atoms with van der Waals surface area (Å²) in [5.41, 5.74) is 0. The Hall–Kier alpha value is -0.550. The molecule has 0 saturated carbocycles.